The Kier molecular flexibility index (Phi) is 7.09. The summed E-state index contributed by atoms with van der Waals surface area (Å²) >= 11 is 3.13. The van der Waals surface area contributed by atoms with Crippen molar-refractivity contribution in [2.24, 2.45) is 7.05 Å². The van der Waals surface area contributed by atoms with E-state index in [0.717, 1.165) is 12.1 Å². The Morgan fingerprint density at radius 1 is 1.38 bits per heavy atom. The van der Waals surface area contributed by atoms with Gasteiger partial charge in [0, 0.05) is 6.07 Å². The fraction of sp³-hybridized carbons (Fsp3) is 0.294. The molecule has 0 aliphatic heterocycles. The molecule has 0 saturated heterocycles. The van der Waals surface area contributed by atoms with Gasteiger partial charge in [-0.15, -0.1) is 0 Å². The third-order valence-electron chi connectivity index (χ3n) is 4.36. The van der Waals surface area contributed by atoms with Gasteiger partial charge in [-0.25, -0.2) is 19.1 Å². The molecular weight excluding hydrogens is 568 g/mol. The number of amides is 1. The van der Waals surface area contributed by atoms with Crippen LogP contribution in [0.5, 0.6) is 0 Å². The van der Waals surface area contributed by atoms with Gasteiger partial charge < -0.3 is 35.0 Å². The lowest BCUT2D eigenvalue weighted by molar-refractivity contribution is -0.654. The molecule has 0 aliphatic rings. The minimum absolute atomic E-state index is 0. The van der Waals surface area contributed by atoms with E-state index in [1.807, 2.05) is 6.92 Å². The SMILES string of the molecule is CCn1c(CNC(=O)c2nc(Br)cnc2N)[n+](C)c2ccc(C(F)(F)F)cc21.[I-]. The Bertz CT molecular complexity index is 1070. The van der Waals surface area contributed by atoms with E-state index in [0.29, 0.717) is 28.0 Å². The van der Waals surface area contributed by atoms with Crippen molar-refractivity contribution in [1.29, 1.82) is 0 Å². The van der Waals surface area contributed by atoms with Gasteiger partial charge in [-0.3, -0.25) is 4.79 Å². The largest absolute Gasteiger partial charge is 1.00 e. The fourth-order valence-electron chi connectivity index (χ4n) is 3.01. The van der Waals surface area contributed by atoms with Crippen LogP contribution in [0.4, 0.5) is 19.0 Å². The predicted molar refractivity (Wildman–Crippen MR) is 99.1 cm³/mol. The van der Waals surface area contributed by atoms with Crippen LogP contribution in [0.25, 0.3) is 11.0 Å². The molecule has 1 aromatic carbocycles. The molecule has 0 spiro atoms. The van der Waals surface area contributed by atoms with E-state index in [9.17, 15) is 18.0 Å². The smallest absolute Gasteiger partial charge is 0.416 e. The van der Waals surface area contributed by atoms with Gasteiger partial charge in [0.1, 0.15) is 11.1 Å². The molecule has 0 atom stereocenters. The molecule has 2 aromatic heterocycles. The summed E-state index contributed by atoms with van der Waals surface area (Å²) in [6.45, 7) is 2.33. The summed E-state index contributed by atoms with van der Waals surface area (Å²) in [6, 6.07) is 3.58. The van der Waals surface area contributed by atoms with Crippen LogP contribution in [0, 0.1) is 0 Å². The Morgan fingerprint density at radius 3 is 2.69 bits per heavy atom. The maximum absolute atomic E-state index is 13.1. The van der Waals surface area contributed by atoms with Crippen LogP contribution < -0.4 is 39.6 Å². The highest BCUT2D eigenvalue weighted by molar-refractivity contribution is 9.10. The Balaban J connectivity index is 0.00000300. The summed E-state index contributed by atoms with van der Waals surface area (Å²) in [5, 5.41) is 2.70. The van der Waals surface area contributed by atoms with Gasteiger partial charge in [-0.2, -0.15) is 13.2 Å². The first-order valence-electron chi connectivity index (χ1n) is 8.28. The predicted octanol–water partition coefficient (Wildman–Crippen LogP) is -0.427. The minimum atomic E-state index is -4.43. The van der Waals surface area contributed by atoms with Gasteiger partial charge in [-0.1, -0.05) is 0 Å². The lowest BCUT2D eigenvalue weighted by Crippen LogP contribution is -3.00. The number of alkyl halides is 3. The van der Waals surface area contributed by atoms with Crippen molar-refractivity contribution in [3.05, 3.63) is 46.1 Å². The lowest BCUT2D eigenvalue weighted by Gasteiger charge is -2.06. The van der Waals surface area contributed by atoms with Gasteiger partial charge in [0.05, 0.1) is 25.4 Å². The molecule has 2 heterocycles. The van der Waals surface area contributed by atoms with Crippen molar-refractivity contribution >= 4 is 38.7 Å². The summed E-state index contributed by atoms with van der Waals surface area (Å²) in [5.41, 5.74) is 6.00. The molecule has 29 heavy (non-hydrogen) atoms. The first-order valence-corrected chi connectivity index (χ1v) is 9.07. The number of nitrogens with two attached hydrogens (primary N) is 1. The highest BCUT2D eigenvalue weighted by atomic mass is 127. The van der Waals surface area contributed by atoms with E-state index in [2.05, 4.69) is 31.2 Å². The van der Waals surface area contributed by atoms with Crippen LogP contribution in [0.15, 0.2) is 29.0 Å². The van der Waals surface area contributed by atoms with Crippen LogP contribution in [0.1, 0.15) is 28.8 Å². The number of carbonyl (C=O) groups excluding carboxylic acids is 1. The van der Waals surface area contributed by atoms with E-state index < -0.39 is 17.6 Å². The number of nitrogen functional groups attached to an aromatic ring is 1. The van der Waals surface area contributed by atoms with E-state index in [4.69, 9.17) is 5.73 Å². The summed E-state index contributed by atoms with van der Waals surface area (Å²) in [6.07, 6.45) is -3.06. The number of nitrogens with one attached hydrogen (secondary N) is 1. The zero-order valence-corrected chi connectivity index (χ0v) is 19.1. The number of rotatable bonds is 4. The third kappa shape index (κ3) is 4.63. The quantitative estimate of drug-likeness (QED) is 0.322. The highest BCUT2D eigenvalue weighted by Crippen LogP contribution is 2.31. The van der Waals surface area contributed by atoms with Gasteiger partial charge in [0.25, 0.3) is 11.7 Å². The van der Waals surface area contributed by atoms with Crippen molar-refractivity contribution < 1.29 is 46.5 Å². The number of fused-ring (bicyclic) bond motifs is 1. The van der Waals surface area contributed by atoms with E-state index >= 15 is 0 Å². The topological polar surface area (TPSA) is 89.7 Å². The molecule has 0 bridgehead atoms. The second kappa shape index (κ2) is 8.81. The second-order valence-electron chi connectivity index (χ2n) is 6.03. The van der Waals surface area contributed by atoms with Crippen LogP contribution in [0.2, 0.25) is 0 Å². The van der Waals surface area contributed by atoms with Gasteiger partial charge >= 0.3 is 6.18 Å². The molecule has 1 amide bonds. The molecule has 7 nitrogen and oxygen atoms in total. The summed E-state index contributed by atoms with van der Waals surface area (Å²) < 4.78 is 43.0. The molecule has 0 fully saturated rings. The number of hydrogen-bond acceptors (Lipinski definition) is 4. The fourth-order valence-corrected chi connectivity index (χ4v) is 3.29. The number of anilines is 1. The first-order chi connectivity index (χ1) is 13.1. The number of carbonyl (C=O) groups is 1. The Labute approximate surface area is 189 Å². The van der Waals surface area contributed by atoms with E-state index in [1.54, 1.807) is 16.2 Å². The van der Waals surface area contributed by atoms with Crippen molar-refractivity contribution in [2.75, 3.05) is 5.73 Å². The molecule has 3 rings (SSSR count). The zero-order chi connectivity index (χ0) is 20.6. The lowest BCUT2D eigenvalue weighted by atomic mass is 10.2. The summed E-state index contributed by atoms with van der Waals surface area (Å²) in [7, 11) is 1.73. The molecule has 0 aliphatic carbocycles. The maximum atomic E-state index is 13.1. The molecule has 12 heteroatoms. The monoisotopic (exact) mass is 584 g/mol. The van der Waals surface area contributed by atoms with E-state index in [-0.39, 0.29) is 42.0 Å². The maximum Gasteiger partial charge on any atom is 0.416 e. The van der Waals surface area contributed by atoms with Crippen molar-refractivity contribution in [1.82, 2.24) is 19.9 Å². The van der Waals surface area contributed by atoms with Crippen molar-refractivity contribution in [2.45, 2.75) is 26.2 Å². The molecule has 0 unspecified atom stereocenters. The first kappa shape index (κ1) is 23.3. The van der Waals surface area contributed by atoms with Gasteiger partial charge in [-0.05, 0) is 35.0 Å². The average molecular weight is 585 g/mol. The van der Waals surface area contributed by atoms with E-state index in [1.165, 1.54) is 12.3 Å². The number of benzene rings is 1. The molecule has 0 radical (unpaired) electrons. The minimum Gasteiger partial charge on any atom is -1.00 e. The number of halogens is 5. The third-order valence-corrected chi connectivity index (χ3v) is 4.75. The number of nitrogens with zero attached hydrogens (tertiary/aromatic N) is 4. The van der Waals surface area contributed by atoms with Crippen LogP contribution in [-0.4, -0.2) is 20.4 Å². The van der Waals surface area contributed by atoms with Crippen LogP contribution in [0.3, 0.4) is 0 Å². The van der Waals surface area contributed by atoms with Crippen LogP contribution >= 0.6 is 15.9 Å². The highest BCUT2D eigenvalue weighted by Gasteiger charge is 2.33. The number of hydrogen-bond donors (Lipinski definition) is 2. The standard InChI is InChI=1S/C17H16BrF3N6O.HI/c1-3-27-11-6-9(17(19,20)21)4-5-10(11)26(2)13(27)8-24-16(28)14-15(22)23-7-12(18)25-14;/h4-7H,3,8H2,1-2H3,(H2-,22,23,24,28);1H. The van der Waals surface area contributed by atoms with Crippen molar-refractivity contribution in [3.8, 4) is 0 Å². The molecule has 3 aromatic rings. The Morgan fingerprint density at radius 2 is 2.07 bits per heavy atom. The molecule has 0 saturated carbocycles. The van der Waals surface area contributed by atoms with Gasteiger partial charge in [0.15, 0.2) is 22.5 Å². The molecule has 3 N–H and O–H groups in total. The number of aromatic nitrogens is 4. The normalized spacial score (nSPS) is 11.4. The Hall–Kier alpha value is -1.96. The summed E-state index contributed by atoms with van der Waals surface area (Å²) in [5.74, 6) is 0.0813. The van der Waals surface area contributed by atoms with Gasteiger partial charge in [0.2, 0.25) is 0 Å². The average Bonchev–Trinajstić information content (AvgIpc) is 2.91. The number of aryl methyl sites for hydroxylation is 2. The summed E-state index contributed by atoms with van der Waals surface area (Å²) in [4.78, 5) is 20.3. The second-order valence-corrected chi connectivity index (χ2v) is 6.84. The molecule has 156 valence electrons. The molecular formula is C17H17BrF3IN6O. The zero-order valence-electron chi connectivity index (χ0n) is 15.4. The van der Waals surface area contributed by atoms with Crippen molar-refractivity contribution in [3.63, 3.8) is 0 Å². The number of imidazole rings is 1. The van der Waals surface area contributed by atoms with Crippen LogP contribution in [-0.2, 0) is 26.3 Å².